The summed E-state index contributed by atoms with van der Waals surface area (Å²) in [6.07, 6.45) is 6.87. The van der Waals surface area contributed by atoms with E-state index in [-0.39, 0.29) is 17.1 Å². The van der Waals surface area contributed by atoms with Crippen LogP contribution < -0.4 is 0 Å². The minimum Gasteiger partial charge on any atom is -0.290 e. The van der Waals surface area contributed by atoms with Crippen LogP contribution in [0, 0.1) is 5.41 Å². The second-order valence-electron chi connectivity index (χ2n) is 4.58. The molecule has 0 bridgehead atoms. The van der Waals surface area contributed by atoms with E-state index in [1.807, 2.05) is 6.08 Å². The monoisotopic (exact) mass is 214 g/mol. The fraction of sp³-hybridized carbons (Fsp3) is 0.308. The molecular weight excluding hydrogens is 200 g/mol. The van der Waals surface area contributed by atoms with Gasteiger partial charge in [0.1, 0.15) is 5.82 Å². The molecule has 1 unspecified atom stereocenters. The molecule has 1 aromatic rings. The summed E-state index contributed by atoms with van der Waals surface area (Å²) in [6.45, 7) is 7.98. The van der Waals surface area contributed by atoms with Crippen LogP contribution in [-0.4, -0.2) is 15.8 Å². The minimum atomic E-state index is -0.174. The van der Waals surface area contributed by atoms with Crippen molar-refractivity contribution in [2.24, 2.45) is 5.41 Å². The lowest BCUT2D eigenvalue weighted by molar-refractivity contribution is -0.112. The lowest BCUT2D eigenvalue weighted by Crippen LogP contribution is -2.29. The third-order valence-electron chi connectivity index (χ3n) is 2.92. The van der Waals surface area contributed by atoms with Crippen molar-refractivity contribution in [3.05, 3.63) is 48.6 Å². The molecule has 0 spiro atoms. The fourth-order valence-electron chi connectivity index (χ4n) is 2.03. The fourth-order valence-corrected chi connectivity index (χ4v) is 2.03. The molecule has 0 N–H and O–H groups in total. The van der Waals surface area contributed by atoms with Gasteiger partial charge in [0.25, 0.3) is 0 Å². The van der Waals surface area contributed by atoms with Crippen LogP contribution in [0.1, 0.15) is 25.6 Å². The Kier molecular flexibility index (Phi) is 2.46. The van der Waals surface area contributed by atoms with Crippen LogP contribution in [0.2, 0.25) is 0 Å². The largest absolute Gasteiger partial charge is 0.290 e. The van der Waals surface area contributed by atoms with Crippen LogP contribution in [0.3, 0.4) is 0 Å². The molecule has 2 rings (SSSR count). The van der Waals surface area contributed by atoms with E-state index in [9.17, 15) is 4.79 Å². The van der Waals surface area contributed by atoms with E-state index in [0.29, 0.717) is 11.4 Å². The summed E-state index contributed by atoms with van der Waals surface area (Å²) in [7, 11) is 0. The van der Waals surface area contributed by atoms with Crippen LogP contribution >= 0.6 is 0 Å². The molecule has 1 heterocycles. The Bertz CT molecular complexity index is 460. The molecule has 0 amide bonds. The molecule has 0 fully saturated rings. The number of aromatic nitrogens is 2. The molecule has 3 heteroatoms. The molecule has 0 saturated carbocycles. The zero-order valence-corrected chi connectivity index (χ0v) is 9.47. The molecule has 16 heavy (non-hydrogen) atoms. The highest BCUT2D eigenvalue weighted by atomic mass is 16.1. The van der Waals surface area contributed by atoms with Gasteiger partial charge in [0.2, 0.25) is 0 Å². The van der Waals surface area contributed by atoms with Crippen molar-refractivity contribution in [2.45, 2.75) is 19.8 Å². The maximum atomic E-state index is 11.6. The van der Waals surface area contributed by atoms with Gasteiger partial charge in [-0.25, -0.2) is 9.97 Å². The van der Waals surface area contributed by atoms with Gasteiger partial charge < -0.3 is 0 Å². The first-order chi connectivity index (χ1) is 7.52. The number of ketones is 1. The van der Waals surface area contributed by atoms with Crippen molar-refractivity contribution < 1.29 is 4.79 Å². The summed E-state index contributed by atoms with van der Waals surface area (Å²) >= 11 is 0. The Labute approximate surface area is 94.9 Å². The molecule has 0 aromatic carbocycles. The summed E-state index contributed by atoms with van der Waals surface area (Å²) in [5.41, 5.74) is 0.394. The number of rotatable bonds is 1. The van der Waals surface area contributed by atoms with Crippen LogP contribution in [-0.2, 0) is 4.79 Å². The SMILES string of the molecule is C=C1C(=O)C=CC(C)(C)C1c1ncccn1. The summed E-state index contributed by atoms with van der Waals surface area (Å²) in [5, 5.41) is 0. The Balaban J connectivity index is 2.50. The Morgan fingerprint density at radius 3 is 2.56 bits per heavy atom. The van der Waals surface area contributed by atoms with Crippen LogP contribution in [0.5, 0.6) is 0 Å². The summed E-state index contributed by atoms with van der Waals surface area (Å²) in [5.74, 6) is 0.498. The van der Waals surface area contributed by atoms with Gasteiger partial charge in [0.05, 0.1) is 5.92 Å². The van der Waals surface area contributed by atoms with Gasteiger partial charge in [0.15, 0.2) is 5.78 Å². The first-order valence-corrected chi connectivity index (χ1v) is 5.21. The molecular formula is C13H14N2O. The molecule has 82 valence electrons. The van der Waals surface area contributed by atoms with Gasteiger partial charge in [-0.15, -0.1) is 0 Å². The normalized spacial score (nSPS) is 23.5. The second-order valence-corrected chi connectivity index (χ2v) is 4.58. The third-order valence-corrected chi connectivity index (χ3v) is 2.92. The standard InChI is InChI=1S/C13H14N2O/c1-9-10(16)5-6-13(2,3)11(9)12-14-7-4-8-15-12/h4-8,11H,1H2,2-3H3. The quantitative estimate of drug-likeness (QED) is 0.673. The Hall–Kier alpha value is -1.77. The van der Waals surface area contributed by atoms with E-state index >= 15 is 0 Å². The van der Waals surface area contributed by atoms with Crippen molar-refractivity contribution in [1.82, 2.24) is 9.97 Å². The zero-order valence-electron chi connectivity index (χ0n) is 9.47. The first kappa shape index (κ1) is 10.7. The van der Waals surface area contributed by atoms with E-state index in [1.54, 1.807) is 24.5 Å². The third kappa shape index (κ3) is 1.69. The topological polar surface area (TPSA) is 42.9 Å². The lowest BCUT2D eigenvalue weighted by atomic mass is 9.70. The zero-order chi connectivity index (χ0) is 11.8. The highest BCUT2D eigenvalue weighted by Gasteiger charge is 2.37. The van der Waals surface area contributed by atoms with Gasteiger partial charge >= 0.3 is 0 Å². The smallest absolute Gasteiger partial charge is 0.181 e. The van der Waals surface area contributed by atoms with Crippen molar-refractivity contribution in [3.8, 4) is 0 Å². The van der Waals surface area contributed by atoms with E-state index in [0.717, 1.165) is 0 Å². The van der Waals surface area contributed by atoms with Gasteiger partial charge in [-0.2, -0.15) is 0 Å². The first-order valence-electron chi connectivity index (χ1n) is 5.21. The van der Waals surface area contributed by atoms with E-state index in [4.69, 9.17) is 0 Å². The molecule has 1 aliphatic rings. The summed E-state index contributed by atoms with van der Waals surface area (Å²) < 4.78 is 0. The van der Waals surface area contributed by atoms with Gasteiger partial charge in [-0.3, -0.25) is 4.79 Å². The minimum absolute atomic E-state index is 0.0308. The second kappa shape index (κ2) is 3.67. The van der Waals surface area contributed by atoms with Crippen molar-refractivity contribution in [3.63, 3.8) is 0 Å². The van der Waals surface area contributed by atoms with E-state index in [2.05, 4.69) is 30.4 Å². The van der Waals surface area contributed by atoms with Crippen molar-refractivity contribution in [2.75, 3.05) is 0 Å². The van der Waals surface area contributed by atoms with Crippen LogP contribution in [0.15, 0.2) is 42.8 Å². The van der Waals surface area contributed by atoms with Gasteiger partial charge in [0, 0.05) is 18.0 Å². The van der Waals surface area contributed by atoms with E-state index in [1.165, 1.54) is 0 Å². The average Bonchev–Trinajstić information content (AvgIpc) is 2.26. The maximum Gasteiger partial charge on any atom is 0.181 e. The summed E-state index contributed by atoms with van der Waals surface area (Å²) in [4.78, 5) is 20.1. The highest BCUT2D eigenvalue weighted by molar-refractivity contribution is 6.05. The lowest BCUT2D eigenvalue weighted by Gasteiger charge is -2.34. The number of hydrogen-bond donors (Lipinski definition) is 0. The molecule has 1 atom stereocenters. The highest BCUT2D eigenvalue weighted by Crippen LogP contribution is 2.42. The number of allylic oxidation sites excluding steroid dienone is 3. The number of carbonyl (C=O) groups excluding carboxylic acids is 1. The van der Waals surface area contributed by atoms with Crippen LogP contribution in [0.25, 0.3) is 0 Å². The number of hydrogen-bond acceptors (Lipinski definition) is 3. The molecule has 3 nitrogen and oxygen atoms in total. The van der Waals surface area contributed by atoms with Gasteiger partial charge in [-0.1, -0.05) is 26.5 Å². The maximum absolute atomic E-state index is 11.6. The molecule has 1 aliphatic carbocycles. The Morgan fingerprint density at radius 2 is 1.94 bits per heavy atom. The van der Waals surface area contributed by atoms with Crippen LogP contribution in [0.4, 0.5) is 0 Å². The van der Waals surface area contributed by atoms with Crippen molar-refractivity contribution >= 4 is 5.78 Å². The average molecular weight is 214 g/mol. The molecule has 1 aromatic heterocycles. The van der Waals surface area contributed by atoms with E-state index < -0.39 is 0 Å². The molecule has 0 aliphatic heterocycles. The summed E-state index contributed by atoms with van der Waals surface area (Å²) in [6, 6.07) is 1.76. The number of carbonyl (C=O) groups is 1. The van der Waals surface area contributed by atoms with Crippen molar-refractivity contribution in [1.29, 1.82) is 0 Å². The van der Waals surface area contributed by atoms with Gasteiger partial charge in [-0.05, 0) is 17.6 Å². The molecule has 0 radical (unpaired) electrons. The molecule has 0 saturated heterocycles. The Morgan fingerprint density at radius 1 is 1.31 bits per heavy atom. The predicted octanol–water partition coefficient (Wildman–Crippen LogP) is 2.28. The predicted molar refractivity (Wildman–Crippen MR) is 61.8 cm³/mol. The number of nitrogens with zero attached hydrogens (tertiary/aromatic N) is 2.